The lowest BCUT2D eigenvalue weighted by molar-refractivity contribution is -0.145. The van der Waals surface area contributed by atoms with Crippen LogP contribution in [-0.2, 0) is 19.7 Å². The van der Waals surface area contributed by atoms with Gasteiger partial charge in [0.05, 0.1) is 25.0 Å². The molecule has 1 aliphatic rings. The Kier molecular flexibility index (Phi) is 7.69. The van der Waals surface area contributed by atoms with Crippen LogP contribution in [-0.4, -0.2) is 37.9 Å². The van der Waals surface area contributed by atoms with Crippen LogP contribution < -0.4 is 9.64 Å². The summed E-state index contributed by atoms with van der Waals surface area (Å²) < 4.78 is 10.9. The lowest BCUT2D eigenvalue weighted by Gasteiger charge is -2.24. The Morgan fingerprint density at radius 3 is 2.38 bits per heavy atom. The molecule has 0 saturated heterocycles. The number of para-hydroxylation sites is 1. The average Bonchev–Trinajstić information content (AvgIpc) is 3.21. The van der Waals surface area contributed by atoms with E-state index < -0.39 is 11.3 Å². The summed E-state index contributed by atoms with van der Waals surface area (Å²) in [6.45, 7) is 4.04. The van der Waals surface area contributed by atoms with Crippen molar-refractivity contribution >= 4 is 34.1 Å². The topological polar surface area (TPSA) is 72.9 Å². The molecule has 0 spiro atoms. The largest absolute Gasteiger partial charge is 0.497 e. The molecule has 1 aliphatic heterocycles. The summed E-state index contributed by atoms with van der Waals surface area (Å²) in [5.74, 6) is -0.0825. The molecule has 1 heterocycles. The van der Waals surface area contributed by atoms with E-state index in [-0.39, 0.29) is 37.2 Å². The molecule has 5 rings (SSSR count). The number of rotatable bonds is 10. The summed E-state index contributed by atoms with van der Waals surface area (Å²) in [4.78, 5) is 41.1. The lowest BCUT2D eigenvalue weighted by atomic mass is 9.79. The van der Waals surface area contributed by atoms with Crippen molar-refractivity contribution in [2.45, 2.75) is 38.0 Å². The van der Waals surface area contributed by atoms with Crippen molar-refractivity contribution in [1.82, 2.24) is 0 Å². The maximum Gasteiger partial charge on any atom is 0.313 e. The molecule has 4 aromatic carbocycles. The van der Waals surface area contributed by atoms with E-state index in [1.165, 1.54) is 0 Å². The quantitative estimate of drug-likeness (QED) is 0.172. The Morgan fingerprint density at radius 2 is 1.60 bits per heavy atom. The normalized spacial score (nSPS) is 17.0. The summed E-state index contributed by atoms with van der Waals surface area (Å²) in [5, 5.41) is 2.05. The number of ketones is 1. The Balaban J connectivity index is 1.23. The van der Waals surface area contributed by atoms with Gasteiger partial charge in [-0.1, -0.05) is 72.8 Å². The summed E-state index contributed by atoms with van der Waals surface area (Å²) in [5.41, 5.74) is 2.38. The van der Waals surface area contributed by atoms with Gasteiger partial charge < -0.3 is 14.4 Å². The third kappa shape index (κ3) is 5.22. The molecular weight excluding hydrogens is 502 g/mol. The van der Waals surface area contributed by atoms with Crippen molar-refractivity contribution in [3.05, 3.63) is 108 Å². The van der Waals surface area contributed by atoms with Gasteiger partial charge in [-0.15, -0.1) is 0 Å². The summed E-state index contributed by atoms with van der Waals surface area (Å²) in [7, 11) is 1.63. The maximum atomic E-state index is 13.7. The first-order valence-electron chi connectivity index (χ1n) is 13.6. The predicted octanol–water partition coefficient (Wildman–Crippen LogP) is 6.46. The maximum absolute atomic E-state index is 13.7. The molecular formula is C34H33NO5. The van der Waals surface area contributed by atoms with E-state index in [1.807, 2.05) is 92.7 Å². The fraction of sp³-hybridized carbons (Fsp3) is 0.265. The molecule has 6 nitrogen and oxygen atoms in total. The first-order valence-corrected chi connectivity index (χ1v) is 13.6. The van der Waals surface area contributed by atoms with E-state index in [1.54, 1.807) is 24.1 Å². The first-order chi connectivity index (χ1) is 19.3. The van der Waals surface area contributed by atoms with Gasteiger partial charge >= 0.3 is 5.97 Å². The van der Waals surface area contributed by atoms with Gasteiger partial charge in [0, 0.05) is 17.7 Å². The molecule has 0 fully saturated rings. The van der Waals surface area contributed by atoms with Gasteiger partial charge in [-0.3, -0.25) is 14.4 Å². The number of methoxy groups -OCH3 is 1. The monoisotopic (exact) mass is 535 g/mol. The molecule has 1 unspecified atom stereocenters. The zero-order valence-electron chi connectivity index (χ0n) is 23.1. The first kappa shape index (κ1) is 27.1. The van der Waals surface area contributed by atoms with E-state index in [0.29, 0.717) is 12.0 Å². The number of carbonyl (C=O) groups is 3. The van der Waals surface area contributed by atoms with E-state index in [0.717, 1.165) is 33.3 Å². The number of hydrogen-bond acceptors (Lipinski definition) is 5. The highest BCUT2D eigenvalue weighted by Crippen LogP contribution is 2.44. The minimum Gasteiger partial charge on any atom is -0.497 e. The number of Topliss-reactive ketones (excluding diaryl/α,β-unsaturated/α-hetero) is 1. The molecule has 204 valence electrons. The second-order valence-electron chi connectivity index (χ2n) is 10.5. The van der Waals surface area contributed by atoms with Gasteiger partial charge in [0.2, 0.25) is 5.91 Å². The third-order valence-corrected chi connectivity index (χ3v) is 7.94. The summed E-state index contributed by atoms with van der Waals surface area (Å²) in [6.07, 6.45) is 0.664. The van der Waals surface area contributed by atoms with Crippen LogP contribution in [0.1, 0.15) is 54.1 Å². The number of nitrogens with zero attached hydrogens (tertiary/aromatic N) is 1. The van der Waals surface area contributed by atoms with Crippen molar-refractivity contribution in [3.8, 4) is 5.75 Å². The van der Waals surface area contributed by atoms with Crippen molar-refractivity contribution in [2.75, 3.05) is 25.2 Å². The SMILES string of the molecule is COc1ccc2cc([C@H](C)C(=O)OCCN3C(=O)C(C)(CCC(=O)c4ccccc4)c4ccccc43)ccc2c1. The number of ether oxygens (including phenoxy) is 2. The van der Waals surface area contributed by atoms with Crippen LogP contribution in [0.2, 0.25) is 0 Å². The number of esters is 1. The van der Waals surface area contributed by atoms with Crippen LogP contribution in [0, 0.1) is 0 Å². The van der Waals surface area contributed by atoms with Crippen LogP contribution in [0.5, 0.6) is 5.75 Å². The second kappa shape index (κ2) is 11.3. The molecule has 0 aromatic heterocycles. The van der Waals surface area contributed by atoms with Gasteiger partial charge in [0.1, 0.15) is 12.4 Å². The third-order valence-electron chi connectivity index (χ3n) is 7.94. The van der Waals surface area contributed by atoms with Gasteiger partial charge in [-0.25, -0.2) is 0 Å². The van der Waals surface area contributed by atoms with Crippen LogP contribution >= 0.6 is 0 Å². The number of fused-ring (bicyclic) bond motifs is 2. The van der Waals surface area contributed by atoms with Crippen LogP contribution in [0.25, 0.3) is 10.8 Å². The molecule has 1 amide bonds. The highest BCUT2D eigenvalue weighted by atomic mass is 16.5. The fourth-order valence-electron chi connectivity index (χ4n) is 5.43. The number of amides is 1. The Labute approximate surface area is 234 Å². The Bertz CT molecular complexity index is 1560. The summed E-state index contributed by atoms with van der Waals surface area (Å²) in [6, 6.07) is 28.5. The van der Waals surface area contributed by atoms with E-state index >= 15 is 0 Å². The standard InChI is InChI=1S/C34H33NO5/c1-23(25-13-14-27-22-28(39-3)16-15-26(27)21-25)32(37)40-20-19-35-30-12-8-7-11-29(30)34(2,33(35)38)18-17-31(36)24-9-5-4-6-10-24/h4-16,21-23H,17-20H2,1-3H3/t23-,34?/m0/s1. The molecule has 2 atom stereocenters. The van der Waals surface area contributed by atoms with Gasteiger partial charge in [-0.05, 0) is 60.4 Å². The number of anilines is 1. The number of carbonyl (C=O) groups excluding carboxylic acids is 3. The minimum absolute atomic E-state index is 0.0151. The van der Waals surface area contributed by atoms with Crippen LogP contribution in [0.15, 0.2) is 91.0 Å². The van der Waals surface area contributed by atoms with Crippen molar-refractivity contribution < 1.29 is 23.9 Å². The zero-order chi connectivity index (χ0) is 28.3. The molecule has 0 radical (unpaired) electrons. The minimum atomic E-state index is -0.827. The van der Waals surface area contributed by atoms with Crippen molar-refractivity contribution in [3.63, 3.8) is 0 Å². The smallest absolute Gasteiger partial charge is 0.313 e. The average molecular weight is 536 g/mol. The van der Waals surface area contributed by atoms with Gasteiger partial charge in [-0.2, -0.15) is 0 Å². The highest BCUT2D eigenvalue weighted by Gasteiger charge is 2.47. The molecule has 40 heavy (non-hydrogen) atoms. The second-order valence-corrected chi connectivity index (χ2v) is 10.5. The lowest BCUT2D eigenvalue weighted by Crippen LogP contribution is -2.40. The Hall–Kier alpha value is -4.45. The predicted molar refractivity (Wildman–Crippen MR) is 156 cm³/mol. The number of hydrogen-bond donors (Lipinski definition) is 0. The summed E-state index contributed by atoms with van der Waals surface area (Å²) >= 11 is 0. The fourth-order valence-corrected chi connectivity index (χ4v) is 5.43. The van der Waals surface area contributed by atoms with E-state index in [4.69, 9.17) is 9.47 Å². The van der Waals surface area contributed by atoms with Crippen LogP contribution in [0.4, 0.5) is 5.69 Å². The van der Waals surface area contributed by atoms with E-state index in [2.05, 4.69) is 0 Å². The van der Waals surface area contributed by atoms with Gasteiger partial charge in [0.15, 0.2) is 5.78 Å². The molecule has 0 bridgehead atoms. The van der Waals surface area contributed by atoms with Gasteiger partial charge in [0.25, 0.3) is 0 Å². The Morgan fingerprint density at radius 1 is 0.900 bits per heavy atom. The van der Waals surface area contributed by atoms with E-state index in [9.17, 15) is 14.4 Å². The van der Waals surface area contributed by atoms with Crippen molar-refractivity contribution in [1.29, 1.82) is 0 Å². The van der Waals surface area contributed by atoms with Crippen molar-refractivity contribution in [2.24, 2.45) is 0 Å². The van der Waals surface area contributed by atoms with Crippen LogP contribution in [0.3, 0.4) is 0 Å². The molecule has 4 aromatic rings. The molecule has 0 saturated carbocycles. The molecule has 0 aliphatic carbocycles. The highest BCUT2D eigenvalue weighted by molar-refractivity contribution is 6.08. The zero-order valence-corrected chi connectivity index (χ0v) is 23.1. The molecule has 6 heteroatoms. The number of benzene rings is 4. The molecule has 0 N–H and O–H groups in total.